The van der Waals surface area contributed by atoms with Gasteiger partial charge in [-0.2, -0.15) is 10.1 Å². The molecule has 1 aliphatic heterocycles. The van der Waals surface area contributed by atoms with Crippen LogP contribution in [0, 0.1) is 0 Å². The number of anilines is 2. The number of benzene rings is 2. The molecule has 0 saturated carbocycles. The van der Waals surface area contributed by atoms with Gasteiger partial charge < -0.3 is 4.90 Å². The lowest BCUT2D eigenvalue weighted by atomic mass is 10.1. The summed E-state index contributed by atoms with van der Waals surface area (Å²) < 4.78 is 0. The third-order valence-corrected chi connectivity index (χ3v) is 4.47. The topological polar surface area (TPSA) is 35.9 Å². The van der Waals surface area contributed by atoms with E-state index >= 15 is 0 Å². The van der Waals surface area contributed by atoms with E-state index < -0.39 is 0 Å². The number of carbonyl (C=O) groups is 1. The summed E-state index contributed by atoms with van der Waals surface area (Å²) in [6, 6.07) is 15.3. The van der Waals surface area contributed by atoms with Gasteiger partial charge in [0.1, 0.15) is 0 Å². The van der Waals surface area contributed by atoms with Gasteiger partial charge in [-0.25, -0.2) is 0 Å². The van der Waals surface area contributed by atoms with Gasteiger partial charge in [0.15, 0.2) is 0 Å². The van der Waals surface area contributed by atoms with E-state index in [1.54, 1.807) is 18.2 Å². The van der Waals surface area contributed by atoms with E-state index in [1.807, 2.05) is 38.2 Å². The summed E-state index contributed by atoms with van der Waals surface area (Å²) in [6.07, 6.45) is 1.88. The van der Waals surface area contributed by atoms with E-state index in [2.05, 4.69) is 29.1 Å². The molecule has 0 saturated heterocycles. The second kappa shape index (κ2) is 7.11. The van der Waals surface area contributed by atoms with E-state index in [1.165, 1.54) is 5.01 Å². The molecule has 4 nitrogen and oxygen atoms in total. The molecule has 0 N–H and O–H groups in total. The van der Waals surface area contributed by atoms with Crippen molar-refractivity contribution in [2.24, 2.45) is 5.10 Å². The van der Waals surface area contributed by atoms with Crippen LogP contribution in [0.3, 0.4) is 0 Å². The number of hydrogen-bond donors (Lipinski definition) is 0. The molecule has 0 aliphatic carbocycles. The Morgan fingerprint density at radius 2 is 1.92 bits per heavy atom. The van der Waals surface area contributed by atoms with Gasteiger partial charge in [-0.05, 0) is 55.8 Å². The molecule has 5 heteroatoms. The highest BCUT2D eigenvalue weighted by Crippen LogP contribution is 2.27. The maximum absolute atomic E-state index is 12.7. The Kier molecular flexibility index (Phi) is 4.91. The van der Waals surface area contributed by atoms with E-state index in [9.17, 15) is 4.79 Å². The van der Waals surface area contributed by atoms with Crippen LogP contribution in [-0.4, -0.2) is 25.2 Å². The molecule has 2 aromatic carbocycles. The number of hydrogen-bond acceptors (Lipinski definition) is 3. The smallest absolute Gasteiger partial charge is 0.280 e. The molecule has 0 atom stereocenters. The van der Waals surface area contributed by atoms with Crippen molar-refractivity contribution in [3.8, 4) is 0 Å². The van der Waals surface area contributed by atoms with Crippen molar-refractivity contribution in [1.29, 1.82) is 0 Å². The first kappa shape index (κ1) is 17.2. The second-order valence-electron chi connectivity index (χ2n) is 5.95. The second-order valence-corrected chi connectivity index (χ2v) is 6.38. The van der Waals surface area contributed by atoms with Gasteiger partial charge in [-0.1, -0.05) is 29.8 Å². The van der Waals surface area contributed by atoms with Gasteiger partial charge in [0, 0.05) is 24.3 Å². The van der Waals surface area contributed by atoms with Crippen LogP contribution in [0.1, 0.15) is 19.4 Å². The molecule has 2 aromatic rings. The molecule has 3 rings (SSSR count). The first-order chi connectivity index (χ1) is 12.0. The van der Waals surface area contributed by atoms with Crippen LogP contribution < -0.4 is 9.91 Å². The van der Waals surface area contributed by atoms with E-state index in [4.69, 9.17) is 11.6 Å². The Morgan fingerprint density at radius 3 is 2.56 bits per heavy atom. The van der Waals surface area contributed by atoms with Crippen LogP contribution in [0.25, 0.3) is 6.08 Å². The molecule has 1 amide bonds. The van der Waals surface area contributed by atoms with Gasteiger partial charge in [0.2, 0.25) is 0 Å². The zero-order valence-electron chi connectivity index (χ0n) is 14.5. The molecule has 1 heterocycles. The van der Waals surface area contributed by atoms with Crippen molar-refractivity contribution < 1.29 is 4.79 Å². The van der Waals surface area contributed by atoms with Crippen molar-refractivity contribution in [3.63, 3.8) is 0 Å². The Labute approximate surface area is 153 Å². The molecule has 0 aromatic heterocycles. The number of nitrogens with zero attached hydrogens (tertiary/aromatic N) is 3. The largest absolute Gasteiger partial charge is 0.375 e. The van der Waals surface area contributed by atoms with Gasteiger partial charge in [-0.15, -0.1) is 0 Å². The lowest BCUT2D eigenvalue weighted by Gasteiger charge is -2.16. The monoisotopic (exact) mass is 353 g/mol. The van der Waals surface area contributed by atoms with Crippen molar-refractivity contribution in [2.45, 2.75) is 13.8 Å². The zero-order chi connectivity index (χ0) is 18.0. The van der Waals surface area contributed by atoms with Crippen LogP contribution in [0.2, 0.25) is 5.02 Å². The Hall–Kier alpha value is -2.59. The Bertz CT molecular complexity index is 855. The molecule has 25 heavy (non-hydrogen) atoms. The Morgan fingerprint density at radius 1 is 1.20 bits per heavy atom. The summed E-state index contributed by atoms with van der Waals surface area (Å²) in [7, 11) is 2.05. The fourth-order valence-electron chi connectivity index (χ4n) is 2.64. The van der Waals surface area contributed by atoms with Crippen molar-refractivity contribution in [2.75, 3.05) is 23.5 Å². The number of halogens is 1. The lowest BCUT2D eigenvalue weighted by molar-refractivity contribution is -0.114. The third kappa shape index (κ3) is 3.59. The lowest BCUT2D eigenvalue weighted by Crippen LogP contribution is -2.21. The van der Waals surface area contributed by atoms with Crippen LogP contribution in [-0.2, 0) is 4.79 Å². The minimum absolute atomic E-state index is 0.144. The summed E-state index contributed by atoms with van der Waals surface area (Å²) in [6.45, 7) is 4.89. The SMILES string of the molecule is CCN(C)c1ccc(C=C2C(=O)N(c3cccc(Cl)c3)N=C2C)cc1. The van der Waals surface area contributed by atoms with E-state index in [0.717, 1.165) is 17.8 Å². The fourth-order valence-corrected chi connectivity index (χ4v) is 2.83. The third-order valence-electron chi connectivity index (χ3n) is 4.23. The molecule has 0 radical (unpaired) electrons. The molecule has 1 aliphatic rings. The van der Waals surface area contributed by atoms with Gasteiger partial charge >= 0.3 is 0 Å². The first-order valence-corrected chi connectivity index (χ1v) is 8.56. The average molecular weight is 354 g/mol. The van der Waals surface area contributed by atoms with Crippen molar-refractivity contribution in [1.82, 2.24) is 0 Å². The predicted molar refractivity (Wildman–Crippen MR) is 105 cm³/mol. The number of hydrazone groups is 1. The van der Waals surface area contributed by atoms with Gasteiger partial charge in [0.05, 0.1) is 17.0 Å². The number of rotatable bonds is 4. The molecule has 0 fully saturated rings. The fraction of sp³-hybridized carbons (Fsp3) is 0.200. The van der Waals surface area contributed by atoms with E-state index in [0.29, 0.717) is 22.0 Å². The van der Waals surface area contributed by atoms with Crippen LogP contribution >= 0.6 is 11.6 Å². The van der Waals surface area contributed by atoms with Gasteiger partial charge in [-0.3, -0.25) is 4.79 Å². The molecule has 128 valence electrons. The van der Waals surface area contributed by atoms with Crippen LogP contribution in [0.15, 0.2) is 59.2 Å². The number of amides is 1. The minimum Gasteiger partial charge on any atom is -0.375 e. The molecular formula is C20H20ClN3O. The number of carbonyl (C=O) groups excluding carboxylic acids is 1. The quantitative estimate of drug-likeness (QED) is 0.753. The average Bonchev–Trinajstić information content (AvgIpc) is 2.90. The maximum atomic E-state index is 12.7. The molecule has 0 unspecified atom stereocenters. The first-order valence-electron chi connectivity index (χ1n) is 8.18. The highest BCUT2D eigenvalue weighted by Gasteiger charge is 2.28. The highest BCUT2D eigenvalue weighted by atomic mass is 35.5. The predicted octanol–water partition coefficient (Wildman–Crippen LogP) is 4.60. The van der Waals surface area contributed by atoms with Crippen molar-refractivity contribution >= 4 is 40.7 Å². The van der Waals surface area contributed by atoms with Crippen molar-refractivity contribution in [3.05, 3.63) is 64.7 Å². The van der Waals surface area contributed by atoms with Crippen LogP contribution in [0.5, 0.6) is 0 Å². The summed E-state index contributed by atoms with van der Waals surface area (Å²) >= 11 is 6.02. The van der Waals surface area contributed by atoms with Gasteiger partial charge in [0.25, 0.3) is 5.91 Å². The molecule has 0 spiro atoms. The highest BCUT2D eigenvalue weighted by molar-refractivity contribution is 6.33. The molecular weight excluding hydrogens is 334 g/mol. The zero-order valence-corrected chi connectivity index (χ0v) is 15.3. The summed E-state index contributed by atoms with van der Waals surface area (Å²) in [4.78, 5) is 14.9. The molecule has 0 bridgehead atoms. The minimum atomic E-state index is -0.144. The van der Waals surface area contributed by atoms with E-state index in [-0.39, 0.29) is 5.91 Å². The summed E-state index contributed by atoms with van der Waals surface area (Å²) in [5.41, 5.74) is 4.07. The Balaban J connectivity index is 1.87. The standard InChI is InChI=1S/C20H20ClN3O/c1-4-23(3)17-10-8-15(9-11-17)12-19-14(2)22-24(20(19)25)18-7-5-6-16(21)13-18/h5-13H,4H2,1-3H3. The van der Waals surface area contributed by atoms with Crippen LogP contribution in [0.4, 0.5) is 11.4 Å². The maximum Gasteiger partial charge on any atom is 0.280 e. The summed E-state index contributed by atoms with van der Waals surface area (Å²) in [5, 5.41) is 6.35. The summed E-state index contributed by atoms with van der Waals surface area (Å²) in [5.74, 6) is -0.144. The normalized spacial score (nSPS) is 15.7.